The number of ether oxygens (including phenoxy) is 1. The smallest absolute Gasteiger partial charge is 0.137 e. The van der Waals surface area contributed by atoms with Crippen molar-refractivity contribution in [3.63, 3.8) is 0 Å². The van der Waals surface area contributed by atoms with Crippen LogP contribution in [-0.2, 0) is 13.0 Å². The second kappa shape index (κ2) is 6.05. The van der Waals surface area contributed by atoms with Crippen LogP contribution in [0.25, 0.3) is 0 Å². The van der Waals surface area contributed by atoms with E-state index in [-0.39, 0.29) is 0 Å². The van der Waals surface area contributed by atoms with Crippen molar-refractivity contribution in [1.82, 2.24) is 0 Å². The van der Waals surface area contributed by atoms with Crippen molar-refractivity contribution >= 4 is 22.9 Å². The van der Waals surface area contributed by atoms with Crippen LogP contribution in [0.3, 0.4) is 0 Å². The highest BCUT2D eigenvalue weighted by Crippen LogP contribution is 2.25. The number of hydrogen-bond acceptors (Lipinski definition) is 3. The van der Waals surface area contributed by atoms with Gasteiger partial charge >= 0.3 is 0 Å². The summed E-state index contributed by atoms with van der Waals surface area (Å²) in [6.07, 6.45) is 0.909. The Labute approximate surface area is 110 Å². The first kappa shape index (κ1) is 12.4. The Morgan fingerprint density at radius 1 is 1.29 bits per heavy atom. The largest absolute Gasteiger partial charge is 0.492 e. The molecule has 2 rings (SSSR count). The SMILES string of the molecule is NCc1ccc(OCCc2cccs2)c(Cl)c1. The summed E-state index contributed by atoms with van der Waals surface area (Å²) in [6, 6.07) is 9.81. The maximum atomic E-state index is 6.09. The first-order valence-electron chi connectivity index (χ1n) is 5.43. The van der Waals surface area contributed by atoms with Crippen LogP contribution >= 0.6 is 22.9 Å². The number of nitrogens with two attached hydrogens (primary N) is 1. The van der Waals surface area contributed by atoms with Crippen molar-refractivity contribution < 1.29 is 4.74 Å². The molecule has 2 N–H and O–H groups in total. The summed E-state index contributed by atoms with van der Waals surface area (Å²) in [4.78, 5) is 1.32. The average molecular weight is 268 g/mol. The summed E-state index contributed by atoms with van der Waals surface area (Å²) in [7, 11) is 0. The lowest BCUT2D eigenvalue weighted by molar-refractivity contribution is 0.323. The fraction of sp³-hybridized carbons (Fsp3) is 0.231. The van der Waals surface area contributed by atoms with Gasteiger partial charge in [0, 0.05) is 17.8 Å². The fourth-order valence-corrected chi connectivity index (χ4v) is 2.45. The first-order chi connectivity index (χ1) is 8.29. The van der Waals surface area contributed by atoms with Gasteiger partial charge < -0.3 is 10.5 Å². The third kappa shape index (κ3) is 3.46. The van der Waals surface area contributed by atoms with Gasteiger partial charge in [-0.2, -0.15) is 0 Å². The second-order valence-electron chi connectivity index (χ2n) is 3.65. The molecule has 0 spiro atoms. The van der Waals surface area contributed by atoms with Crippen LogP contribution in [0.4, 0.5) is 0 Å². The summed E-state index contributed by atoms with van der Waals surface area (Å²) in [6.45, 7) is 1.14. The zero-order valence-electron chi connectivity index (χ0n) is 9.36. The van der Waals surface area contributed by atoms with Crippen molar-refractivity contribution in [2.75, 3.05) is 6.61 Å². The number of thiophene rings is 1. The average Bonchev–Trinajstić information content (AvgIpc) is 2.84. The summed E-state index contributed by atoms with van der Waals surface area (Å²) in [5.74, 6) is 0.723. The van der Waals surface area contributed by atoms with Gasteiger partial charge in [0.1, 0.15) is 5.75 Å². The Morgan fingerprint density at radius 2 is 2.18 bits per heavy atom. The van der Waals surface area contributed by atoms with E-state index in [0.29, 0.717) is 18.2 Å². The van der Waals surface area contributed by atoms with Crippen molar-refractivity contribution in [3.8, 4) is 5.75 Å². The maximum absolute atomic E-state index is 6.09. The van der Waals surface area contributed by atoms with Crippen molar-refractivity contribution in [2.24, 2.45) is 5.73 Å². The quantitative estimate of drug-likeness (QED) is 0.900. The molecule has 1 aromatic carbocycles. The normalized spacial score (nSPS) is 10.5. The van der Waals surface area contributed by atoms with Gasteiger partial charge in [0.25, 0.3) is 0 Å². The highest BCUT2D eigenvalue weighted by atomic mass is 35.5. The van der Waals surface area contributed by atoms with E-state index < -0.39 is 0 Å². The predicted octanol–water partition coefficient (Wildman–Crippen LogP) is 3.48. The molecule has 90 valence electrons. The van der Waals surface area contributed by atoms with Crippen molar-refractivity contribution in [3.05, 3.63) is 51.2 Å². The number of halogens is 1. The monoisotopic (exact) mass is 267 g/mol. The van der Waals surface area contributed by atoms with Crippen LogP contribution in [0.2, 0.25) is 5.02 Å². The van der Waals surface area contributed by atoms with Crippen molar-refractivity contribution in [1.29, 1.82) is 0 Å². The molecule has 0 amide bonds. The van der Waals surface area contributed by atoms with Gasteiger partial charge in [0.2, 0.25) is 0 Å². The molecule has 0 bridgehead atoms. The van der Waals surface area contributed by atoms with E-state index in [1.54, 1.807) is 11.3 Å². The molecule has 0 unspecified atom stereocenters. The minimum absolute atomic E-state index is 0.495. The van der Waals surface area contributed by atoms with Crippen LogP contribution in [0.5, 0.6) is 5.75 Å². The molecule has 2 aromatic rings. The molecule has 4 heteroatoms. The molecule has 0 aliphatic rings. The van der Waals surface area contributed by atoms with E-state index in [9.17, 15) is 0 Å². The molecule has 0 aliphatic carbocycles. The Morgan fingerprint density at radius 3 is 2.82 bits per heavy atom. The molecule has 1 aromatic heterocycles. The van der Waals surface area contributed by atoms with E-state index >= 15 is 0 Å². The van der Waals surface area contributed by atoms with Gasteiger partial charge in [0.05, 0.1) is 11.6 Å². The lowest BCUT2D eigenvalue weighted by atomic mass is 10.2. The predicted molar refractivity (Wildman–Crippen MR) is 72.9 cm³/mol. The molecular weight excluding hydrogens is 254 g/mol. The highest BCUT2D eigenvalue weighted by molar-refractivity contribution is 7.09. The maximum Gasteiger partial charge on any atom is 0.137 e. The molecule has 0 aliphatic heterocycles. The summed E-state index contributed by atoms with van der Waals surface area (Å²) >= 11 is 7.83. The molecule has 0 fully saturated rings. The lowest BCUT2D eigenvalue weighted by Crippen LogP contribution is -2.01. The molecule has 17 heavy (non-hydrogen) atoms. The van der Waals surface area contributed by atoms with E-state index in [1.807, 2.05) is 24.3 Å². The molecule has 1 heterocycles. The Hall–Kier alpha value is -1.03. The van der Waals surface area contributed by atoms with E-state index in [2.05, 4.69) is 11.4 Å². The third-order valence-corrected chi connectivity index (χ3v) is 3.65. The zero-order chi connectivity index (χ0) is 12.1. The minimum Gasteiger partial charge on any atom is -0.492 e. The number of rotatable bonds is 5. The van der Waals surface area contributed by atoms with E-state index in [4.69, 9.17) is 22.1 Å². The topological polar surface area (TPSA) is 35.2 Å². The highest BCUT2D eigenvalue weighted by Gasteiger charge is 2.03. The van der Waals surface area contributed by atoms with Crippen LogP contribution < -0.4 is 10.5 Å². The van der Waals surface area contributed by atoms with Gasteiger partial charge in [0.15, 0.2) is 0 Å². The molecule has 0 saturated carbocycles. The molecule has 0 saturated heterocycles. The van der Waals surface area contributed by atoms with Crippen molar-refractivity contribution in [2.45, 2.75) is 13.0 Å². The Kier molecular flexibility index (Phi) is 4.42. The van der Waals surface area contributed by atoms with E-state index in [0.717, 1.165) is 17.7 Å². The van der Waals surface area contributed by atoms with Gasteiger partial charge in [-0.05, 0) is 29.1 Å². The van der Waals surface area contributed by atoms with Crippen LogP contribution in [0.1, 0.15) is 10.4 Å². The minimum atomic E-state index is 0.495. The lowest BCUT2D eigenvalue weighted by Gasteiger charge is -2.08. The van der Waals surface area contributed by atoms with Gasteiger partial charge in [-0.3, -0.25) is 0 Å². The standard InChI is InChI=1S/C13H14ClNOS/c14-12-8-10(9-15)3-4-13(12)16-6-5-11-2-1-7-17-11/h1-4,7-8H,5-6,9,15H2. The Balaban J connectivity index is 1.90. The van der Waals surface area contributed by atoms with E-state index in [1.165, 1.54) is 4.88 Å². The second-order valence-corrected chi connectivity index (χ2v) is 5.09. The van der Waals surface area contributed by atoms with Crippen LogP contribution in [0, 0.1) is 0 Å². The van der Waals surface area contributed by atoms with Gasteiger partial charge in [-0.25, -0.2) is 0 Å². The number of hydrogen-bond donors (Lipinski definition) is 1. The molecule has 2 nitrogen and oxygen atoms in total. The summed E-state index contributed by atoms with van der Waals surface area (Å²) in [5, 5.41) is 2.69. The molecular formula is C13H14ClNOS. The first-order valence-corrected chi connectivity index (χ1v) is 6.69. The fourth-order valence-electron chi connectivity index (χ4n) is 1.50. The van der Waals surface area contributed by atoms with Crippen LogP contribution in [0.15, 0.2) is 35.7 Å². The van der Waals surface area contributed by atoms with Gasteiger partial charge in [-0.15, -0.1) is 11.3 Å². The zero-order valence-corrected chi connectivity index (χ0v) is 10.9. The molecule has 0 atom stereocenters. The molecule has 0 radical (unpaired) electrons. The Bertz CT molecular complexity index is 470. The number of benzene rings is 1. The van der Waals surface area contributed by atoms with Crippen LogP contribution in [-0.4, -0.2) is 6.61 Å². The summed E-state index contributed by atoms with van der Waals surface area (Å²) < 4.78 is 5.64. The van der Waals surface area contributed by atoms with Gasteiger partial charge in [-0.1, -0.05) is 23.7 Å². The summed E-state index contributed by atoms with van der Waals surface area (Å²) in [5.41, 5.74) is 6.55. The third-order valence-electron chi connectivity index (χ3n) is 2.42.